The van der Waals surface area contributed by atoms with E-state index >= 15 is 0 Å². The maximum absolute atomic E-state index is 12.4. The van der Waals surface area contributed by atoms with Crippen molar-refractivity contribution in [3.63, 3.8) is 0 Å². The molecule has 3 aromatic rings. The monoisotopic (exact) mass is 549 g/mol. The third kappa shape index (κ3) is 6.77. The average molecular weight is 551 g/mol. The number of nitrogens with one attached hydrogen (secondary N) is 3. The van der Waals surface area contributed by atoms with E-state index in [0.29, 0.717) is 5.02 Å². The van der Waals surface area contributed by atoms with Crippen LogP contribution in [-0.4, -0.2) is 26.0 Å². The quantitative estimate of drug-likeness (QED) is 0.282. The summed E-state index contributed by atoms with van der Waals surface area (Å²) in [7, 11) is -3.93. The number of amides is 2. The summed E-state index contributed by atoms with van der Waals surface area (Å²) in [6.45, 7) is 0. The number of halogens is 3. The minimum atomic E-state index is -3.93. The second-order valence-corrected chi connectivity index (χ2v) is 11.5. The summed E-state index contributed by atoms with van der Waals surface area (Å²) in [5.41, 5.74) is 5.07. The largest absolute Gasteiger partial charge is 0.280 e. The molecule has 3 rings (SSSR count). The molecule has 0 fully saturated rings. The summed E-state index contributed by atoms with van der Waals surface area (Å²) in [5, 5.41) is 0.601. The molecule has 0 aliphatic rings. The second-order valence-electron chi connectivity index (χ2n) is 6.12. The summed E-state index contributed by atoms with van der Waals surface area (Å²) in [6, 6.07) is 13.9. The molecule has 0 aliphatic carbocycles. The summed E-state index contributed by atoms with van der Waals surface area (Å²) in [5.74, 6) is -0.858. The number of thiophene rings is 1. The lowest BCUT2D eigenvalue weighted by molar-refractivity contribution is -0.119. The predicted octanol–water partition coefficient (Wildman–Crippen LogP) is 5.06. The molecule has 168 valence electrons. The van der Waals surface area contributed by atoms with Gasteiger partial charge in [-0.15, -0.1) is 23.1 Å². The van der Waals surface area contributed by atoms with Crippen molar-refractivity contribution >= 4 is 85.4 Å². The third-order valence-corrected chi connectivity index (χ3v) is 8.21. The van der Waals surface area contributed by atoms with Crippen molar-refractivity contribution in [1.82, 2.24) is 10.9 Å². The van der Waals surface area contributed by atoms with Crippen LogP contribution in [0.4, 0.5) is 5.69 Å². The molecule has 2 aromatic carbocycles. The van der Waals surface area contributed by atoms with Gasteiger partial charge in [0.25, 0.3) is 15.9 Å². The van der Waals surface area contributed by atoms with Crippen molar-refractivity contribution in [2.75, 3.05) is 10.5 Å². The highest BCUT2D eigenvalue weighted by molar-refractivity contribution is 8.00. The fraction of sp³-hybridized carbons (Fsp3) is 0.0526. The van der Waals surface area contributed by atoms with Crippen LogP contribution < -0.4 is 15.6 Å². The lowest BCUT2D eigenvalue weighted by Gasteiger charge is -2.09. The molecule has 2 amide bonds. The Bertz CT molecular complexity index is 1230. The van der Waals surface area contributed by atoms with Crippen LogP contribution in [0.5, 0.6) is 0 Å². The van der Waals surface area contributed by atoms with Crippen LogP contribution in [0.2, 0.25) is 13.7 Å². The molecule has 0 spiro atoms. The maximum atomic E-state index is 12.4. The Morgan fingerprint density at radius 1 is 0.938 bits per heavy atom. The number of benzene rings is 2. The molecule has 13 heteroatoms. The second kappa shape index (κ2) is 10.8. The van der Waals surface area contributed by atoms with Crippen LogP contribution >= 0.6 is 57.9 Å². The zero-order valence-corrected chi connectivity index (χ0v) is 20.6. The Morgan fingerprint density at radius 2 is 1.59 bits per heavy atom. The highest BCUT2D eigenvalue weighted by atomic mass is 35.5. The fourth-order valence-electron chi connectivity index (χ4n) is 2.32. The first-order valence-electron chi connectivity index (χ1n) is 8.69. The molecule has 0 aliphatic heterocycles. The smallest absolute Gasteiger partial charge is 0.269 e. The fourth-order valence-corrected chi connectivity index (χ4v) is 6.36. The minimum Gasteiger partial charge on any atom is -0.280 e. The zero-order chi connectivity index (χ0) is 23.3. The lowest BCUT2D eigenvalue weighted by Crippen LogP contribution is -2.42. The first-order chi connectivity index (χ1) is 15.1. The van der Waals surface area contributed by atoms with Crippen LogP contribution in [-0.2, 0) is 14.8 Å². The van der Waals surface area contributed by atoms with Crippen LogP contribution in [0.25, 0.3) is 0 Å². The van der Waals surface area contributed by atoms with E-state index in [1.807, 2.05) is 0 Å². The van der Waals surface area contributed by atoms with Gasteiger partial charge in [-0.05, 0) is 54.6 Å². The molecule has 32 heavy (non-hydrogen) atoms. The number of anilines is 1. The van der Waals surface area contributed by atoms with E-state index < -0.39 is 21.8 Å². The van der Waals surface area contributed by atoms with E-state index in [1.165, 1.54) is 42.1 Å². The van der Waals surface area contributed by atoms with Crippen molar-refractivity contribution < 1.29 is 18.0 Å². The maximum Gasteiger partial charge on any atom is 0.269 e. The van der Waals surface area contributed by atoms with Crippen LogP contribution in [0, 0.1) is 0 Å². The van der Waals surface area contributed by atoms with Gasteiger partial charge in [0.05, 0.1) is 10.1 Å². The van der Waals surface area contributed by atoms with Gasteiger partial charge in [-0.2, -0.15) is 0 Å². The molecule has 1 heterocycles. The van der Waals surface area contributed by atoms with Gasteiger partial charge in [-0.25, -0.2) is 8.42 Å². The number of hydrogen-bond acceptors (Lipinski definition) is 6. The van der Waals surface area contributed by atoms with Crippen molar-refractivity contribution in [1.29, 1.82) is 0 Å². The topological polar surface area (TPSA) is 104 Å². The van der Waals surface area contributed by atoms with E-state index in [9.17, 15) is 18.0 Å². The summed E-state index contributed by atoms with van der Waals surface area (Å²) in [4.78, 5) is 24.9. The first kappa shape index (κ1) is 24.7. The van der Waals surface area contributed by atoms with Gasteiger partial charge in [0.15, 0.2) is 0 Å². The number of carbonyl (C=O) groups excluding carboxylic acids is 2. The van der Waals surface area contributed by atoms with Crippen molar-refractivity contribution in [3.8, 4) is 0 Å². The van der Waals surface area contributed by atoms with Crippen LogP contribution in [0.15, 0.2) is 64.4 Å². The number of hydrazine groups is 1. The predicted molar refractivity (Wildman–Crippen MR) is 129 cm³/mol. The Kier molecular flexibility index (Phi) is 8.32. The first-order valence-corrected chi connectivity index (χ1v) is 13.1. The number of rotatable bonds is 7. The lowest BCUT2D eigenvalue weighted by atomic mass is 10.2. The highest BCUT2D eigenvalue weighted by Crippen LogP contribution is 2.35. The summed E-state index contributed by atoms with van der Waals surface area (Å²) in [6.07, 6.45) is 0. The Morgan fingerprint density at radius 3 is 2.19 bits per heavy atom. The van der Waals surface area contributed by atoms with Crippen molar-refractivity contribution in [2.24, 2.45) is 0 Å². The molecular formula is C19H14Cl3N3O4S3. The molecule has 0 saturated heterocycles. The molecular weight excluding hydrogens is 537 g/mol. The van der Waals surface area contributed by atoms with E-state index in [4.69, 9.17) is 34.8 Å². The molecule has 3 N–H and O–H groups in total. The normalized spacial score (nSPS) is 11.1. The molecule has 7 nitrogen and oxygen atoms in total. The standard InChI is InChI=1S/C19H14Cl3N3O4S3/c20-12-3-7-14(8-4-12)30-10-17(26)23-24-19(27)11-1-5-13(6-2-11)25-32(28,29)15-9-16(21)31-18(15)22/h1-9,25H,10H2,(H,23,26)(H,24,27). The zero-order valence-electron chi connectivity index (χ0n) is 15.9. The number of hydrogen-bond donors (Lipinski definition) is 3. The van der Waals surface area contributed by atoms with Gasteiger partial charge in [0, 0.05) is 21.2 Å². The van der Waals surface area contributed by atoms with Crippen LogP contribution in [0.1, 0.15) is 10.4 Å². The van der Waals surface area contributed by atoms with Crippen molar-refractivity contribution in [2.45, 2.75) is 9.79 Å². The summed E-state index contributed by atoms with van der Waals surface area (Å²) >= 11 is 19.8. The van der Waals surface area contributed by atoms with E-state index in [-0.39, 0.29) is 30.6 Å². The highest BCUT2D eigenvalue weighted by Gasteiger charge is 2.21. The van der Waals surface area contributed by atoms with E-state index in [0.717, 1.165) is 16.2 Å². The molecule has 0 atom stereocenters. The van der Waals surface area contributed by atoms with Gasteiger partial charge in [0.1, 0.15) is 9.23 Å². The molecule has 1 aromatic heterocycles. The molecule has 0 saturated carbocycles. The van der Waals surface area contributed by atoms with E-state index in [2.05, 4.69) is 15.6 Å². The van der Waals surface area contributed by atoms with Gasteiger partial charge in [-0.1, -0.05) is 34.8 Å². The summed E-state index contributed by atoms with van der Waals surface area (Å²) < 4.78 is 27.5. The Hall–Kier alpha value is -1.95. The van der Waals surface area contributed by atoms with Gasteiger partial charge >= 0.3 is 0 Å². The SMILES string of the molecule is O=C(CSc1ccc(Cl)cc1)NNC(=O)c1ccc(NS(=O)(=O)c2cc(Cl)sc2Cl)cc1. The number of carbonyl (C=O) groups is 2. The Labute approximate surface area is 207 Å². The third-order valence-electron chi connectivity index (χ3n) is 3.81. The van der Waals surface area contributed by atoms with Gasteiger partial charge in [0.2, 0.25) is 5.91 Å². The van der Waals surface area contributed by atoms with Crippen LogP contribution in [0.3, 0.4) is 0 Å². The Balaban J connectivity index is 1.51. The molecule has 0 bridgehead atoms. The average Bonchev–Trinajstić information content (AvgIpc) is 3.11. The van der Waals surface area contributed by atoms with Gasteiger partial charge < -0.3 is 0 Å². The molecule has 0 unspecified atom stereocenters. The number of sulfonamides is 1. The number of thioether (sulfide) groups is 1. The minimum absolute atomic E-state index is 0.0449. The van der Waals surface area contributed by atoms with Gasteiger partial charge in [-0.3, -0.25) is 25.2 Å². The van der Waals surface area contributed by atoms with Crippen molar-refractivity contribution in [3.05, 3.63) is 73.9 Å². The molecule has 0 radical (unpaired) electrons. The van der Waals surface area contributed by atoms with E-state index in [1.54, 1.807) is 24.3 Å².